The summed E-state index contributed by atoms with van der Waals surface area (Å²) in [7, 11) is 0. The third kappa shape index (κ3) is 2.22. The van der Waals surface area contributed by atoms with Crippen molar-refractivity contribution in [3.05, 3.63) is 45.2 Å². The van der Waals surface area contributed by atoms with E-state index in [2.05, 4.69) is 0 Å². The smallest absolute Gasteiger partial charge is 0.255 e. The Morgan fingerprint density at radius 1 is 1.17 bits per heavy atom. The van der Waals surface area contributed by atoms with Crippen LogP contribution in [0.15, 0.2) is 23.5 Å². The molecule has 0 saturated heterocycles. The van der Waals surface area contributed by atoms with Gasteiger partial charge in [0.1, 0.15) is 22.8 Å². The monoisotopic (exact) mass is 432 g/mol. The van der Waals surface area contributed by atoms with Gasteiger partial charge in [-0.05, 0) is 36.6 Å². The summed E-state index contributed by atoms with van der Waals surface area (Å²) in [5.74, 6) is -7.09. The number of fused-ring (bicyclic) bond motifs is 3. The molecule has 0 saturated carbocycles. The molecule has 2 aromatic rings. The van der Waals surface area contributed by atoms with E-state index in [4.69, 9.17) is 23.1 Å². The molecular weight excluding hydrogens is 416 g/mol. The highest BCUT2D eigenvalue weighted by atomic mass is 35.5. The Labute approximate surface area is 174 Å². The summed E-state index contributed by atoms with van der Waals surface area (Å²) in [6.07, 6.45) is -0.193. The lowest BCUT2D eigenvalue weighted by Crippen LogP contribution is -2.65. The van der Waals surface area contributed by atoms with Gasteiger partial charge in [0.25, 0.3) is 5.91 Å². The minimum Gasteiger partial charge on any atom is -0.510 e. The molecule has 0 bridgehead atoms. The zero-order chi connectivity index (χ0) is 22.3. The van der Waals surface area contributed by atoms with Crippen LogP contribution in [0.3, 0.4) is 0 Å². The van der Waals surface area contributed by atoms with Crippen molar-refractivity contribution in [2.24, 2.45) is 17.4 Å². The number of phenolic OH excluding ortho intramolecular Hbond substituents is 2. The molecule has 30 heavy (non-hydrogen) atoms. The van der Waals surface area contributed by atoms with Gasteiger partial charge in [-0.1, -0.05) is 11.6 Å². The summed E-state index contributed by atoms with van der Waals surface area (Å²) in [6.45, 7) is 1.60. The Hall–Kier alpha value is -3.14. The van der Waals surface area contributed by atoms with E-state index in [0.29, 0.717) is 10.9 Å². The maximum Gasteiger partial charge on any atom is 0.255 e. The van der Waals surface area contributed by atoms with E-state index >= 15 is 0 Å². The number of benzene rings is 2. The van der Waals surface area contributed by atoms with Crippen molar-refractivity contribution in [2.75, 3.05) is 0 Å². The fourth-order valence-electron chi connectivity index (χ4n) is 4.57. The van der Waals surface area contributed by atoms with Gasteiger partial charge in [0.15, 0.2) is 5.60 Å². The first kappa shape index (κ1) is 20.1. The zero-order valence-electron chi connectivity index (χ0n) is 15.6. The average Bonchev–Trinajstić information content (AvgIpc) is 2.67. The van der Waals surface area contributed by atoms with Crippen molar-refractivity contribution < 1.29 is 34.8 Å². The maximum atomic E-state index is 13.4. The molecule has 3 unspecified atom stereocenters. The molecular formula is C20H17ClN2O7. The van der Waals surface area contributed by atoms with Gasteiger partial charge in [-0.25, -0.2) is 0 Å². The van der Waals surface area contributed by atoms with Crippen LogP contribution in [0, 0.1) is 12.8 Å². The van der Waals surface area contributed by atoms with E-state index in [-0.39, 0.29) is 33.7 Å². The Kier molecular flexibility index (Phi) is 4.15. The molecule has 156 valence electrons. The minimum absolute atomic E-state index is 0.116. The number of rotatable bonds is 1. The van der Waals surface area contributed by atoms with E-state index in [0.717, 1.165) is 0 Å². The number of phenols is 2. The third-order valence-corrected chi connectivity index (χ3v) is 6.41. The molecule has 0 fully saturated rings. The normalized spacial score (nSPS) is 26.0. The molecule has 10 heteroatoms. The molecule has 4 rings (SSSR count). The second kappa shape index (κ2) is 6.18. The number of aryl methyl sites for hydroxylation is 1. The van der Waals surface area contributed by atoms with Gasteiger partial charge in [0, 0.05) is 16.3 Å². The number of hydrogen-bond donors (Lipinski definition) is 6. The van der Waals surface area contributed by atoms with Crippen molar-refractivity contribution in [1.82, 2.24) is 0 Å². The average molecular weight is 433 g/mol. The molecule has 1 amide bonds. The standard InChI is InChI=1S/C20H17ClN2O7/c1-5-6-4-7-14(22)16(26)13(19(23)29)18(28)20(7,30)17(27)11(6)15(25)12-9(24)3-2-8(21)10(5)12/h2-3,7,14,24-26,30H,4,22H2,1H3,(H2,23,29). The lowest BCUT2D eigenvalue weighted by atomic mass is 9.61. The molecule has 2 aromatic carbocycles. The van der Waals surface area contributed by atoms with Crippen LogP contribution in [-0.2, 0) is 16.0 Å². The van der Waals surface area contributed by atoms with Crippen LogP contribution in [0.1, 0.15) is 21.5 Å². The second-order valence-corrected chi connectivity index (χ2v) is 7.94. The van der Waals surface area contributed by atoms with Crippen LogP contribution in [0.25, 0.3) is 10.8 Å². The number of Topliss-reactive ketones (excluding diaryl/α,β-unsaturated/α-hetero) is 2. The van der Waals surface area contributed by atoms with Crippen LogP contribution in [0.4, 0.5) is 0 Å². The summed E-state index contributed by atoms with van der Waals surface area (Å²) in [5, 5.41) is 42.9. The second-order valence-electron chi connectivity index (χ2n) is 7.53. The summed E-state index contributed by atoms with van der Waals surface area (Å²) >= 11 is 6.24. The molecule has 0 spiro atoms. The quantitative estimate of drug-likeness (QED) is 0.278. The van der Waals surface area contributed by atoms with Crippen molar-refractivity contribution >= 4 is 39.8 Å². The van der Waals surface area contributed by atoms with Crippen molar-refractivity contribution in [3.63, 3.8) is 0 Å². The Morgan fingerprint density at radius 2 is 1.80 bits per heavy atom. The van der Waals surface area contributed by atoms with E-state index < -0.39 is 52.1 Å². The predicted octanol–water partition coefficient (Wildman–Crippen LogP) is 0.506. The van der Waals surface area contributed by atoms with E-state index in [1.54, 1.807) is 6.92 Å². The van der Waals surface area contributed by atoms with Gasteiger partial charge in [-0.3, -0.25) is 14.4 Å². The van der Waals surface area contributed by atoms with E-state index in [9.17, 15) is 34.8 Å². The highest BCUT2D eigenvalue weighted by Gasteiger charge is 2.62. The van der Waals surface area contributed by atoms with Gasteiger partial charge >= 0.3 is 0 Å². The number of amides is 1. The number of ketones is 2. The lowest BCUT2D eigenvalue weighted by Gasteiger charge is -2.44. The molecule has 0 radical (unpaired) electrons. The first-order chi connectivity index (χ1) is 13.9. The number of primary amides is 1. The molecule has 8 N–H and O–H groups in total. The molecule has 9 nitrogen and oxygen atoms in total. The number of hydrogen-bond acceptors (Lipinski definition) is 8. The highest BCUT2D eigenvalue weighted by Crippen LogP contribution is 2.50. The number of aliphatic hydroxyl groups is 2. The van der Waals surface area contributed by atoms with Crippen molar-refractivity contribution in [2.45, 2.75) is 25.0 Å². The summed E-state index contributed by atoms with van der Waals surface area (Å²) in [4.78, 5) is 37.9. The Morgan fingerprint density at radius 3 is 2.40 bits per heavy atom. The maximum absolute atomic E-state index is 13.4. The number of nitrogens with two attached hydrogens (primary N) is 2. The number of carbonyl (C=O) groups is 3. The fraction of sp³-hybridized carbons (Fsp3) is 0.250. The van der Waals surface area contributed by atoms with Gasteiger partial charge in [0.05, 0.1) is 17.0 Å². The Balaban J connectivity index is 2.09. The summed E-state index contributed by atoms with van der Waals surface area (Å²) in [5.41, 5.74) is 7.63. The third-order valence-electron chi connectivity index (χ3n) is 6.09. The van der Waals surface area contributed by atoms with Crippen molar-refractivity contribution in [1.29, 1.82) is 0 Å². The number of carbonyl (C=O) groups excluding carboxylic acids is 3. The van der Waals surface area contributed by atoms with Gasteiger partial charge in [-0.2, -0.15) is 0 Å². The first-order valence-electron chi connectivity index (χ1n) is 8.90. The first-order valence-corrected chi connectivity index (χ1v) is 9.28. The van der Waals surface area contributed by atoms with Crippen LogP contribution in [0.5, 0.6) is 11.5 Å². The highest BCUT2D eigenvalue weighted by molar-refractivity contribution is 6.37. The molecule has 2 aliphatic rings. The van der Waals surface area contributed by atoms with Crippen molar-refractivity contribution in [3.8, 4) is 11.5 Å². The molecule has 3 atom stereocenters. The van der Waals surface area contributed by atoms with Gasteiger partial charge < -0.3 is 31.9 Å². The SMILES string of the molecule is Cc1c2c(c(O)c3c(O)ccc(Cl)c13)C(=O)C1(O)C(=O)C(C(N)=O)=C(O)C(N)C1C2. The fourth-order valence-corrected chi connectivity index (χ4v) is 4.86. The van der Waals surface area contributed by atoms with Gasteiger partial charge in [-0.15, -0.1) is 0 Å². The van der Waals surface area contributed by atoms with Crippen LogP contribution in [-0.4, -0.2) is 49.5 Å². The predicted molar refractivity (Wildman–Crippen MR) is 105 cm³/mol. The molecule has 0 heterocycles. The number of aliphatic hydroxyl groups excluding tert-OH is 1. The molecule has 0 aliphatic heterocycles. The van der Waals surface area contributed by atoms with Crippen LogP contribution in [0.2, 0.25) is 5.02 Å². The summed E-state index contributed by atoms with van der Waals surface area (Å²) < 4.78 is 0. The summed E-state index contributed by atoms with van der Waals surface area (Å²) in [6, 6.07) is 1.21. The van der Waals surface area contributed by atoms with Crippen LogP contribution < -0.4 is 11.5 Å². The molecule has 2 aliphatic carbocycles. The number of aromatic hydroxyl groups is 2. The lowest BCUT2D eigenvalue weighted by molar-refractivity contribution is -0.138. The Bertz CT molecular complexity index is 1240. The molecule has 0 aromatic heterocycles. The topological polar surface area (TPSA) is 184 Å². The van der Waals surface area contributed by atoms with E-state index in [1.807, 2.05) is 0 Å². The van der Waals surface area contributed by atoms with E-state index in [1.165, 1.54) is 12.1 Å². The largest absolute Gasteiger partial charge is 0.510 e. The van der Waals surface area contributed by atoms with Gasteiger partial charge in [0.2, 0.25) is 11.6 Å². The zero-order valence-corrected chi connectivity index (χ0v) is 16.3. The van der Waals surface area contributed by atoms with Crippen LogP contribution >= 0.6 is 11.6 Å². The minimum atomic E-state index is -2.82. The number of halogens is 1.